The molecule has 0 fully saturated rings. The van der Waals surface area contributed by atoms with Crippen LogP contribution in [0.5, 0.6) is 0 Å². The molecule has 0 aliphatic carbocycles. The van der Waals surface area contributed by atoms with Crippen LogP contribution in [0.2, 0.25) is 0 Å². The maximum absolute atomic E-state index is 5.48. The van der Waals surface area contributed by atoms with Gasteiger partial charge in [0.15, 0.2) is 0 Å². The van der Waals surface area contributed by atoms with E-state index in [1.54, 1.807) is 11.3 Å². The van der Waals surface area contributed by atoms with Gasteiger partial charge in [0.25, 0.3) is 0 Å². The summed E-state index contributed by atoms with van der Waals surface area (Å²) in [7, 11) is 0. The Labute approximate surface area is 258 Å². The van der Waals surface area contributed by atoms with E-state index in [0.29, 0.717) is 0 Å². The van der Waals surface area contributed by atoms with E-state index in [0.717, 1.165) is 49.4 Å². The van der Waals surface area contributed by atoms with Gasteiger partial charge in [0.05, 0.1) is 16.7 Å². The van der Waals surface area contributed by atoms with Gasteiger partial charge in [0.1, 0.15) is 5.35 Å². The van der Waals surface area contributed by atoms with E-state index in [4.69, 9.17) is 22.6 Å². The number of hydrogen-bond donors (Lipinski definition) is 1. The number of hydrogen-bond acceptors (Lipinski definition) is 5. The third-order valence-corrected chi connectivity index (χ3v) is 10.8. The maximum atomic E-state index is 5.48. The van der Waals surface area contributed by atoms with Crippen LogP contribution in [0.15, 0.2) is 84.9 Å². The third-order valence-electron chi connectivity index (χ3n) is 7.08. The summed E-state index contributed by atoms with van der Waals surface area (Å²) in [6.07, 6.45) is 0.837. The van der Waals surface area contributed by atoms with Gasteiger partial charge >= 0.3 is 0 Å². The first-order valence-corrected chi connectivity index (χ1v) is 16.2. The molecular weight excluding hydrogens is 557 g/mol. The van der Waals surface area contributed by atoms with Crippen molar-refractivity contribution in [2.45, 2.75) is 65.7 Å². The van der Waals surface area contributed by atoms with Gasteiger partial charge in [-0.15, -0.1) is 35.3 Å². The topological polar surface area (TPSA) is 25.8 Å². The predicted molar refractivity (Wildman–Crippen MR) is 182 cm³/mol. The van der Waals surface area contributed by atoms with Crippen LogP contribution in [0.25, 0.3) is 33.0 Å². The minimum Gasteiger partial charge on any atom is -0.243 e. The minimum absolute atomic E-state index is 0.0683. The van der Waals surface area contributed by atoms with Crippen molar-refractivity contribution >= 4 is 45.8 Å². The smallest absolute Gasteiger partial charge is 0.105 e. The number of rotatable bonds is 5. The van der Waals surface area contributed by atoms with Gasteiger partial charge in [0.2, 0.25) is 0 Å². The second-order valence-electron chi connectivity index (χ2n) is 12.4. The zero-order chi connectivity index (χ0) is 29.4. The van der Waals surface area contributed by atoms with Crippen molar-refractivity contribution in [3.8, 4) is 22.5 Å². The molecule has 0 aliphatic heterocycles. The maximum Gasteiger partial charge on any atom is 0.105 e. The summed E-state index contributed by atoms with van der Waals surface area (Å²) >= 11 is 8.83. The molecule has 0 spiro atoms. The van der Waals surface area contributed by atoms with Crippen LogP contribution in [0.3, 0.4) is 0 Å². The highest BCUT2D eigenvalue weighted by Gasteiger charge is 2.21. The monoisotopic (exact) mass is 594 g/mol. The summed E-state index contributed by atoms with van der Waals surface area (Å²) in [4.78, 5) is 16.8. The van der Waals surface area contributed by atoms with Crippen molar-refractivity contribution < 1.29 is 0 Å². The van der Waals surface area contributed by atoms with Crippen molar-refractivity contribution in [2.75, 3.05) is 0 Å². The SMILES string of the molecule is CC/C(c1ccc(C(C)(C)C)s1)=c1/nc(-c2ccccc2)c(-c2ccccc2)n/c1=C(/S)c1ccc(C(C)(C)C)s1. The van der Waals surface area contributed by atoms with Crippen LogP contribution >= 0.6 is 35.3 Å². The zero-order valence-corrected chi connectivity index (χ0v) is 27.5. The van der Waals surface area contributed by atoms with E-state index in [2.05, 4.69) is 121 Å². The summed E-state index contributed by atoms with van der Waals surface area (Å²) in [6, 6.07) is 29.7. The minimum atomic E-state index is 0.0683. The van der Waals surface area contributed by atoms with Crippen LogP contribution in [0.4, 0.5) is 0 Å². The van der Waals surface area contributed by atoms with E-state index < -0.39 is 0 Å². The van der Waals surface area contributed by atoms with E-state index in [-0.39, 0.29) is 10.8 Å². The molecule has 2 aromatic carbocycles. The molecule has 0 aliphatic rings. The van der Waals surface area contributed by atoms with Crippen molar-refractivity contribution in [2.24, 2.45) is 0 Å². The van der Waals surface area contributed by atoms with Crippen LogP contribution in [-0.2, 0) is 10.8 Å². The van der Waals surface area contributed by atoms with Crippen LogP contribution in [0, 0.1) is 0 Å². The molecule has 0 radical (unpaired) electrons. The van der Waals surface area contributed by atoms with Gasteiger partial charge in [-0.05, 0) is 47.1 Å². The number of thiol groups is 1. The van der Waals surface area contributed by atoms with Gasteiger partial charge in [-0.3, -0.25) is 0 Å². The molecule has 0 bridgehead atoms. The van der Waals surface area contributed by atoms with Gasteiger partial charge in [-0.2, -0.15) is 0 Å². The molecule has 3 aromatic heterocycles. The summed E-state index contributed by atoms with van der Waals surface area (Å²) in [5, 5.41) is 1.74. The summed E-state index contributed by atoms with van der Waals surface area (Å²) in [5.41, 5.74) is 5.20. The quantitative estimate of drug-likeness (QED) is 0.205. The van der Waals surface area contributed by atoms with Crippen LogP contribution in [0.1, 0.15) is 74.4 Å². The van der Waals surface area contributed by atoms with Gasteiger partial charge < -0.3 is 0 Å². The van der Waals surface area contributed by atoms with Crippen molar-refractivity contribution in [1.82, 2.24) is 9.97 Å². The first-order chi connectivity index (χ1) is 19.5. The number of nitrogens with zero attached hydrogens (tertiary/aromatic N) is 2. The molecule has 0 amide bonds. The molecule has 3 heterocycles. The highest BCUT2D eigenvalue weighted by Crippen LogP contribution is 2.35. The summed E-state index contributed by atoms with van der Waals surface area (Å²) < 4.78 is 0. The number of thiophene rings is 2. The van der Waals surface area contributed by atoms with Crippen LogP contribution < -0.4 is 10.7 Å². The Balaban J connectivity index is 1.93. The standard InChI is InChI=1S/C36H38N2S3/c1-8-25(26-19-21-28(40-26)35(2,3)4)32-33(34(39)27-20-22-29(41-27)36(5,6)7)38-31(24-17-13-10-14-18-24)30(37-32)23-15-11-9-12-16-23/h9-22,39H,8H2,1-7H3/b32-25-,34-33+. The lowest BCUT2D eigenvalue weighted by Crippen LogP contribution is -2.36. The fourth-order valence-electron chi connectivity index (χ4n) is 4.75. The Hall–Kier alpha value is -2.99. The largest absolute Gasteiger partial charge is 0.243 e. The van der Waals surface area contributed by atoms with Crippen molar-refractivity contribution in [3.05, 3.63) is 115 Å². The first-order valence-electron chi connectivity index (χ1n) is 14.1. The second kappa shape index (κ2) is 11.7. The normalized spacial score (nSPS) is 13.8. The van der Waals surface area contributed by atoms with Gasteiger partial charge in [0, 0.05) is 35.5 Å². The Morgan fingerprint density at radius 2 is 1.05 bits per heavy atom. The van der Waals surface area contributed by atoms with Crippen molar-refractivity contribution in [1.29, 1.82) is 0 Å². The fraction of sp³-hybridized carbons (Fsp3) is 0.278. The lowest BCUT2D eigenvalue weighted by atomic mass is 9.95. The average Bonchev–Trinajstić information content (AvgIpc) is 3.65. The van der Waals surface area contributed by atoms with Gasteiger partial charge in [-0.25, -0.2) is 9.97 Å². The highest BCUT2D eigenvalue weighted by molar-refractivity contribution is 7.90. The lowest BCUT2D eigenvalue weighted by molar-refractivity contribution is 0.603. The van der Waals surface area contributed by atoms with E-state index in [9.17, 15) is 0 Å². The molecule has 5 rings (SSSR count). The Morgan fingerprint density at radius 1 is 0.610 bits per heavy atom. The van der Waals surface area contributed by atoms with E-state index in [1.165, 1.54) is 20.2 Å². The summed E-state index contributed by atoms with van der Waals surface area (Å²) in [5.74, 6) is 0. The molecule has 5 heteroatoms. The number of benzene rings is 2. The van der Waals surface area contributed by atoms with E-state index >= 15 is 0 Å². The molecule has 2 nitrogen and oxygen atoms in total. The van der Waals surface area contributed by atoms with Crippen molar-refractivity contribution in [3.63, 3.8) is 0 Å². The Morgan fingerprint density at radius 3 is 1.49 bits per heavy atom. The average molecular weight is 595 g/mol. The fourth-order valence-corrected chi connectivity index (χ4v) is 7.31. The van der Waals surface area contributed by atoms with E-state index in [1.807, 2.05) is 23.5 Å². The van der Waals surface area contributed by atoms with Crippen LogP contribution in [-0.4, -0.2) is 9.97 Å². The molecule has 210 valence electrons. The third kappa shape index (κ3) is 6.28. The Kier molecular flexibility index (Phi) is 8.43. The number of aromatic nitrogens is 2. The predicted octanol–water partition coefficient (Wildman–Crippen LogP) is 9.22. The molecular formula is C36H38N2S3. The molecule has 41 heavy (non-hydrogen) atoms. The second-order valence-corrected chi connectivity index (χ2v) is 15.0. The molecule has 0 atom stereocenters. The summed E-state index contributed by atoms with van der Waals surface area (Å²) in [6.45, 7) is 15.8. The van der Waals surface area contributed by atoms with Gasteiger partial charge in [-0.1, -0.05) is 109 Å². The first kappa shape index (κ1) is 29.5. The molecule has 5 aromatic rings. The zero-order valence-electron chi connectivity index (χ0n) is 24.9. The highest BCUT2D eigenvalue weighted by atomic mass is 32.1. The lowest BCUT2D eigenvalue weighted by Gasteiger charge is -2.15. The molecule has 0 saturated carbocycles. The molecule has 0 saturated heterocycles. The molecule has 0 N–H and O–H groups in total. The molecule has 0 unspecified atom stereocenters. The Bertz CT molecular complexity index is 1780.